The van der Waals surface area contributed by atoms with Gasteiger partial charge in [-0.15, -0.1) is 11.3 Å². The summed E-state index contributed by atoms with van der Waals surface area (Å²) < 4.78 is 42.0. The van der Waals surface area contributed by atoms with Gasteiger partial charge in [0.15, 0.2) is 0 Å². The minimum atomic E-state index is -1.000. The molecule has 1 aliphatic heterocycles. The summed E-state index contributed by atoms with van der Waals surface area (Å²) in [5.74, 6) is -1.30. The Balaban J connectivity index is 1.49. The van der Waals surface area contributed by atoms with Crippen molar-refractivity contribution in [1.82, 2.24) is 9.88 Å². The van der Waals surface area contributed by atoms with Crippen molar-refractivity contribution >= 4 is 17.0 Å². The molecule has 152 valence electrons. The van der Waals surface area contributed by atoms with E-state index in [9.17, 15) is 18.3 Å². The zero-order chi connectivity index (χ0) is 20.4. The van der Waals surface area contributed by atoms with E-state index in [1.165, 1.54) is 23.5 Å². The van der Waals surface area contributed by atoms with Crippen LogP contribution in [-0.2, 0) is 6.54 Å². The second-order valence-electron chi connectivity index (χ2n) is 6.95. The fraction of sp³-hybridized carbons (Fsp3) is 0.286. The monoisotopic (exact) mass is 419 g/mol. The predicted molar refractivity (Wildman–Crippen MR) is 106 cm³/mol. The first-order chi connectivity index (χ1) is 14.0. The molecule has 1 aliphatic rings. The van der Waals surface area contributed by atoms with Crippen molar-refractivity contribution < 1.29 is 18.3 Å². The lowest BCUT2D eigenvalue weighted by Crippen LogP contribution is -2.46. The average Bonchev–Trinajstić information content (AvgIpc) is 3.26. The van der Waals surface area contributed by atoms with E-state index in [1.807, 2.05) is 9.80 Å². The molecule has 0 amide bonds. The second kappa shape index (κ2) is 8.52. The van der Waals surface area contributed by atoms with Gasteiger partial charge in [-0.05, 0) is 24.3 Å². The van der Waals surface area contributed by atoms with Crippen molar-refractivity contribution in [2.24, 2.45) is 0 Å². The van der Waals surface area contributed by atoms with Gasteiger partial charge in [-0.3, -0.25) is 4.90 Å². The Kier molecular flexibility index (Phi) is 5.84. The largest absolute Gasteiger partial charge is 0.381 e. The molecule has 0 radical (unpaired) electrons. The smallest absolute Gasteiger partial charge is 0.146 e. The Bertz CT molecular complexity index is 975. The van der Waals surface area contributed by atoms with Gasteiger partial charge in [0, 0.05) is 55.4 Å². The third-order valence-electron chi connectivity index (χ3n) is 5.09. The van der Waals surface area contributed by atoms with E-state index in [2.05, 4.69) is 4.98 Å². The molecule has 0 spiro atoms. The van der Waals surface area contributed by atoms with Crippen molar-refractivity contribution in [2.45, 2.75) is 12.6 Å². The van der Waals surface area contributed by atoms with E-state index in [1.54, 1.807) is 23.7 Å². The fourth-order valence-corrected chi connectivity index (χ4v) is 4.26. The van der Waals surface area contributed by atoms with E-state index < -0.39 is 23.6 Å². The third-order valence-corrected chi connectivity index (χ3v) is 5.92. The Morgan fingerprint density at radius 1 is 1.03 bits per heavy atom. The normalized spacial score (nSPS) is 16.2. The number of para-hydroxylation sites is 1. The number of halogens is 3. The highest BCUT2D eigenvalue weighted by Crippen LogP contribution is 2.34. The van der Waals surface area contributed by atoms with Crippen LogP contribution < -0.4 is 4.90 Å². The molecule has 8 heteroatoms. The van der Waals surface area contributed by atoms with Crippen LogP contribution >= 0.6 is 11.3 Å². The number of nitrogens with zero attached hydrogens (tertiary/aromatic N) is 3. The first-order valence-electron chi connectivity index (χ1n) is 9.30. The maximum Gasteiger partial charge on any atom is 0.146 e. The SMILES string of the molecule is O[C@H](c1nccs1)c1cccc(F)c1N1CCN(Cc2cc(F)ccc2F)CC1. The van der Waals surface area contributed by atoms with Crippen LogP contribution in [0.3, 0.4) is 0 Å². The van der Waals surface area contributed by atoms with E-state index in [0.717, 1.165) is 12.1 Å². The summed E-state index contributed by atoms with van der Waals surface area (Å²) in [7, 11) is 0. The van der Waals surface area contributed by atoms with Crippen LogP contribution in [0.4, 0.5) is 18.9 Å². The number of aromatic nitrogens is 1. The van der Waals surface area contributed by atoms with E-state index in [0.29, 0.717) is 54.5 Å². The molecule has 1 atom stereocenters. The van der Waals surface area contributed by atoms with Gasteiger partial charge in [-0.1, -0.05) is 12.1 Å². The lowest BCUT2D eigenvalue weighted by atomic mass is 10.0. The molecule has 1 saturated heterocycles. The Hall–Kier alpha value is -2.42. The summed E-state index contributed by atoms with van der Waals surface area (Å²) in [6, 6.07) is 8.10. The molecule has 2 heterocycles. The van der Waals surface area contributed by atoms with E-state index in [-0.39, 0.29) is 0 Å². The van der Waals surface area contributed by atoms with E-state index in [4.69, 9.17) is 0 Å². The summed E-state index contributed by atoms with van der Waals surface area (Å²) in [5.41, 5.74) is 1.15. The van der Waals surface area contributed by atoms with Crippen LogP contribution in [-0.4, -0.2) is 41.2 Å². The Morgan fingerprint density at radius 2 is 1.83 bits per heavy atom. The molecule has 0 aliphatic carbocycles. The molecule has 4 rings (SSSR count). The molecule has 1 N–H and O–H groups in total. The standard InChI is InChI=1S/C21H20F3N3OS/c22-15-4-5-17(23)14(12-15)13-26-7-9-27(10-8-26)19-16(2-1-3-18(19)24)20(28)21-25-6-11-29-21/h1-6,11-12,20,28H,7-10,13H2/t20-/m0/s1. The molecule has 4 nitrogen and oxygen atoms in total. The summed E-state index contributed by atoms with van der Waals surface area (Å²) in [4.78, 5) is 8.03. The van der Waals surface area contributed by atoms with Gasteiger partial charge in [-0.2, -0.15) is 0 Å². The quantitative estimate of drug-likeness (QED) is 0.680. The molecule has 3 aromatic rings. The number of anilines is 1. The summed E-state index contributed by atoms with van der Waals surface area (Å²) in [5, 5.41) is 13.0. The predicted octanol–water partition coefficient (Wildman–Crippen LogP) is 3.96. The lowest BCUT2D eigenvalue weighted by Gasteiger charge is -2.37. The van der Waals surface area contributed by atoms with Crippen LogP contribution in [0.1, 0.15) is 22.2 Å². The molecule has 0 bridgehead atoms. The number of piperazine rings is 1. The summed E-state index contributed by atoms with van der Waals surface area (Å²) in [6.45, 7) is 2.45. The minimum absolute atomic E-state index is 0.295. The molecule has 1 aromatic heterocycles. The van der Waals surface area contributed by atoms with Crippen molar-refractivity contribution in [3.63, 3.8) is 0 Å². The van der Waals surface area contributed by atoms with Gasteiger partial charge in [0.2, 0.25) is 0 Å². The number of aliphatic hydroxyl groups is 1. The fourth-order valence-electron chi connectivity index (χ4n) is 3.62. The molecule has 0 saturated carbocycles. The number of benzene rings is 2. The van der Waals surface area contributed by atoms with Gasteiger partial charge in [0.05, 0.1) is 5.69 Å². The Labute approximate surface area is 170 Å². The lowest BCUT2D eigenvalue weighted by molar-refractivity contribution is 0.217. The van der Waals surface area contributed by atoms with Crippen LogP contribution in [0.15, 0.2) is 48.0 Å². The Morgan fingerprint density at radius 3 is 2.55 bits per heavy atom. The maximum atomic E-state index is 14.7. The van der Waals surface area contributed by atoms with Crippen LogP contribution in [0.25, 0.3) is 0 Å². The highest BCUT2D eigenvalue weighted by molar-refractivity contribution is 7.09. The molecular weight excluding hydrogens is 399 g/mol. The van der Waals surface area contributed by atoms with Gasteiger partial charge in [0.1, 0.15) is 28.6 Å². The van der Waals surface area contributed by atoms with Crippen molar-refractivity contribution in [2.75, 3.05) is 31.1 Å². The van der Waals surface area contributed by atoms with Crippen LogP contribution in [0.2, 0.25) is 0 Å². The summed E-state index contributed by atoms with van der Waals surface area (Å²) in [6.07, 6.45) is 0.604. The first-order valence-corrected chi connectivity index (χ1v) is 10.2. The highest BCUT2D eigenvalue weighted by atomic mass is 32.1. The first kappa shape index (κ1) is 19.9. The molecular formula is C21H20F3N3OS. The number of rotatable bonds is 5. The van der Waals surface area contributed by atoms with Crippen molar-refractivity contribution in [1.29, 1.82) is 0 Å². The van der Waals surface area contributed by atoms with Gasteiger partial charge in [-0.25, -0.2) is 18.2 Å². The van der Waals surface area contributed by atoms with Crippen LogP contribution in [0, 0.1) is 17.5 Å². The van der Waals surface area contributed by atoms with Crippen molar-refractivity contribution in [3.8, 4) is 0 Å². The number of thiazole rings is 1. The highest BCUT2D eigenvalue weighted by Gasteiger charge is 2.26. The van der Waals surface area contributed by atoms with E-state index >= 15 is 0 Å². The molecule has 1 fully saturated rings. The maximum absolute atomic E-state index is 14.7. The molecule has 0 unspecified atom stereocenters. The number of aliphatic hydroxyl groups excluding tert-OH is 1. The van der Waals surface area contributed by atoms with Gasteiger partial charge >= 0.3 is 0 Å². The third kappa shape index (κ3) is 4.29. The van der Waals surface area contributed by atoms with Crippen molar-refractivity contribution in [3.05, 3.63) is 81.6 Å². The zero-order valence-electron chi connectivity index (χ0n) is 15.6. The van der Waals surface area contributed by atoms with Gasteiger partial charge in [0.25, 0.3) is 0 Å². The topological polar surface area (TPSA) is 39.6 Å². The summed E-state index contributed by atoms with van der Waals surface area (Å²) >= 11 is 1.31. The number of hydrogen-bond acceptors (Lipinski definition) is 5. The molecule has 2 aromatic carbocycles. The molecule has 29 heavy (non-hydrogen) atoms. The zero-order valence-corrected chi connectivity index (χ0v) is 16.4. The van der Waals surface area contributed by atoms with Gasteiger partial charge < -0.3 is 10.0 Å². The average molecular weight is 419 g/mol. The second-order valence-corrected chi connectivity index (χ2v) is 7.88. The minimum Gasteiger partial charge on any atom is -0.381 e. The van der Waals surface area contributed by atoms with Crippen LogP contribution in [0.5, 0.6) is 0 Å². The number of hydrogen-bond donors (Lipinski definition) is 1.